The molecule has 0 atom stereocenters. The number of nitrogens with one attached hydrogen (secondary N) is 1. The van der Waals surface area contributed by atoms with Crippen molar-refractivity contribution in [3.63, 3.8) is 0 Å². The summed E-state index contributed by atoms with van der Waals surface area (Å²) in [6, 6.07) is 15.9. The highest BCUT2D eigenvalue weighted by molar-refractivity contribution is 7.98. The Bertz CT molecular complexity index is 761. The van der Waals surface area contributed by atoms with Crippen LogP contribution in [-0.2, 0) is 28.1 Å². The highest BCUT2D eigenvalue weighted by Gasteiger charge is 2.15. The number of hydrogen-bond donors (Lipinski definition) is 1. The molecule has 1 amide bonds. The van der Waals surface area contributed by atoms with Crippen LogP contribution in [-0.4, -0.2) is 30.8 Å². The van der Waals surface area contributed by atoms with Gasteiger partial charge in [-0.25, -0.2) is 4.79 Å². The summed E-state index contributed by atoms with van der Waals surface area (Å²) in [6.45, 7) is 0.325. The molecule has 0 spiro atoms. The zero-order valence-electron chi connectivity index (χ0n) is 14.7. The molecule has 1 aliphatic carbocycles. The van der Waals surface area contributed by atoms with E-state index in [1.165, 1.54) is 16.7 Å². The number of rotatable bonds is 8. The summed E-state index contributed by atoms with van der Waals surface area (Å²) in [5.74, 6) is 1.04. The van der Waals surface area contributed by atoms with Crippen molar-refractivity contribution in [2.45, 2.75) is 25.0 Å². The van der Waals surface area contributed by atoms with Gasteiger partial charge in [0.15, 0.2) is 6.61 Å². The maximum absolute atomic E-state index is 12.1. The number of esters is 1. The van der Waals surface area contributed by atoms with E-state index in [4.69, 9.17) is 4.74 Å². The number of carbonyl (C=O) groups is 2. The minimum Gasteiger partial charge on any atom is -0.452 e. The number of benzene rings is 2. The Morgan fingerprint density at radius 2 is 1.85 bits per heavy atom. The van der Waals surface area contributed by atoms with Crippen molar-refractivity contribution < 1.29 is 14.3 Å². The van der Waals surface area contributed by atoms with Crippen LogP contribution in [0.25, 0.3) is 0 Å². The minimum absolute atomic E-state index is 0.237. The van der Waals surface area contributed by atoms with Gasteiger partial charge in [0.25, 0.3) is 5.91 Å². The van der Waals surface area contributed by atoms with Crippen molar-refractivity contribution in [3.05, 3.63) is 70.8 Å². The molecule has 0 saturated heterocycles. The van der Waals surface area contributed by atoms with Crippen molar-refractivity contribution in [1.29, 1.82) is 0 Å². The van der Waals surface area contributed by atoms with Crippen LogP contribution in [0, 0.1) is 0 Å². The van der Waals surface area contributed by atoms with Crippen LogP contribution in [0.15, 0.2) is 48.5 Å². The highest BCUT2D eigenvalue weighted by atomic mass is 32.2. The Hall–Kier alpha value is -2.27. The summed E-state index contributed by atoms with van der Waals surface area (Å²) < 4.78 is 5.12. The third kappa shape index (κ3) is 5.36. The van der Waals surface area contributed by atoms with Crippen molar-refractivity contribution in [2.75, 3.05) is 18.9 Å². The molecule has 2 aromatic rings. The van der Waals surface area contributed by atoms with Crippen molar-refractivity contribution in [2.24, 2.45) is 0 Å². The van der Waals surface area contributed by atoms with Gasteiger partial charge in [0.1, 0.15) is 0 Å². The monoisotopic (exact) mass is 369 g/mol. The molecule has 5 heteroatoms. The van der Waals surface area contributed by atoms with Gasteiger partial charge in [0.2, 0.25) is 0 Å². The first-order chi connectivity index (χ1) is 12.7. The number of thioether (sulfide) groups is 1. The van der Waals surface area contributed by atoms with Gasteiger partial charge >= 0.3 is 5.97 Å². The zero-order chi connectivity index (χ0) is 18.2. The van der Waals surface area contributed by atoms with E-state index in [1.54, 1.807) is 17.8 Å². The molecule has 3 rings (SSSR count). The van der Waals surface area contributed by atoms with E-state index in [0.717, 1.165) is 30.8 Å². The minimum atomic E-state index is -0.437. The molecular weight excluding hydrogens is 346 g/mol. The largest absolute Gasteiger partial charge is 0.452 e. The quantitative estimate of drug-likeness (QED) is 0.572. The summed E-state index contributed by atoms with van der Waals surface area (Å²) in [6.07, 6.45) is 3.23. The number of ether oxygens (including phenoxy) is 1. The molecule has 0 heterocycles. The lowest BCUT2D eigenvalue weighted by Gasteiger charge is -2.08. The van der Waals surface area contributed by atoms with Crippen LogP contribution in [0.2, 0.25) is 0 Å². The number of fused-ring (bicyclic) bond motifs is 1. The SMILES string of the molecule is O=C(COC(=O)c1ccc2c(c1)CCC2)NCCSCc1ccccc1. The average Bonchev–Trinajstić information content (AvgIpc) is 3.14. The molecule has 136 valence electrons. The molecule has 0 unspecified atom stereocenters. The number of aryl methyl sites for hydroxylation is 2. The lowest BCUT2D eigenvalue weighted by molar-refractivity contribution is -0.124. The van der Waals surface area contributed by atoms with Gasteiger partial charge in [-0.2, -0.15) is 11.8 Å². The Morgan fingerprint density at radius 1 is 1.04 bits per heavy atom. The summed E-state index contributed by atoms with van der Waals surface area (Å²) in [4.78, 5) is 23.9. The van der Waals surface area contributed by atoms with E-state index in [1.807, 2.05) is 30.3 Å². The predicted octanol–water partition coefficient (Wildman–Crippen LogP) is 3.38. The van der Waals surface area contributed by atoms with Gasteiger partial charge in [-0.05, 0) is 48.1 Å². The van der Waals surface area contributed by atoms with Gasteiger partial charge in [0.05, 0.1) is 5.56 Å². The average molecular weight is 369 g/mol. The Balaban J connectivity index is 1.32. The fourth-order valence-corrected chi connectivity index (χ4v) is 3.81. The second-order valence-corrected chi connectivity index (χ2v) is 7.41. The fourth-order valence-electron chi connectivity index (χ4n) is 2.99. The van der Waals surface area contributed by atoms with Crippen molar-refractivity contribution in [3.8, 4) is 0 Å². The third-order valence-electron chi connectivity index (χ3n) is 4.35. The smallest absolute Gasteiger partial charge is 0.338 e. The van der Waals surface area contributed by atoms with Gasteiger partial charge in [0, 0.05) is 18.1 Å². The molecule has 4 nitrogen and oxygen atoms in total. The van der Waals surface area contributed by atoms with Crippen molar-refractivity contribution in [1.82, 2.24) is 5.32 Å². The van der Waals surface area contributed by atoms with Crippen LogP contribution in [0.5, 0.6) is 0 Å². The first-order valence-electron chi connectivity index (χ1n) is 8.89. The second kappa shape index (κ2) is 9.43. The summed E-state index contributed by atoms with van der Waals surface area (Å²) in [5.41, 5.74) is 4.33. The van der Waals surface area contributed by atoms with E-state index in [-0.39, 0.29) is 12.5 Å². The van der Waals surface area contributed by atoms with E-state index in [9.17, 15) is 9.59 Å². The van der Waals surface area contributed by atoms with Crippen LogP contribution in [0.1, 0.15) is 33.5 Å². The second-order valence-electron chi connectivity index (χ2n) is 6.30. The summed E-state index contributed by atoms with van der Waals surface area (Å²) in [5, 5.41) is 2.78. The molecule has 2 aromatic carbocycles. The van der Waals surface area contributed by atoms with Crippen LogP contribution < -0.4 is 5.32 Å². The maximum atomic E-state index is 12.1. The third-order valence-corrected chi connectivity index (χ3v) is 5.38. The number of hydrogen-bond acceptors (Lipinski definition) is 4. The van der Waals surface area contributed by atoms with E-state index in [2.05, 4.69) is 17.4 Å². The lowest BCUT2D eigenvalue weighted by atomic mass is 10.1. The topological polar surface area (TPSA) is 55.4 Å². The lowest BCUT2D eigenvalue weighted by Crippen LogP contribution is -2.30. The predicted molar refractivity (Wildman–Crippen MR) is 104 cm³/mol. The van der Waals surface area contributed by atoms with Gasteiger partial charge in [-0.1, -0.05) is 36.4 Å². The van der Waals surface area contributed by atoms with Gasteiger partial charge < -0.3 is 10.1 Å². The normalized spacial score (nSPS) is 12.5. The first-order valence-corrected chi connectivity index (χ1v) is 10.0. The van der Waals surface area contributed by atoms with Gasteiger partial charge in [-0.3, -0.25) is 4.79 Å². The molecule has 0 bridgehead atoms. The Morgan fingerprint density at radius 3 is 2.69 bits per heavy atom. The molecule has 1 aliphatic rings. The zero-order valence-corrected chi connectivity index (χ0v) is 15.5. The number of carbonyl (C=O) groups excluding carboxylic acids is 2. The molecular formula is C21H23NO3S. The molecule has 0 fully saturated rings. The molecule has 0 aromatic heterocycles. The van der Waals surface area contributed by atoms with E-state index >= 15 is 0 Å². The van der Waals surface area contributed by atoms with Gasteiger partial charge in [-0.15, -0.1) is 0 Å². The van der Waals surface area contributed by atoms with Crippen molar-refractivity contribution >= 4 is 23.6 Å². The summed E-state index contributed by atoms with van der Waals surface area (Å²) in [7, 11) is 0. The molecule has 1 N–H and O–H groups in total. The standard InChI is InChI=1S/C21H23NO3S/c23-20(22-11-12-26-15-16-5-2-1-3-6-16)14-25-21(24)19-10-9-17-7-4-8-18(17)13-19/h1-3,5-6,9-10,13H,4,7-8,11-12,14-15H2,(H,22,23). The number of amides is 1. The molecule has 0 saturated carbocycles. The van der Waals surface area contributed by atoms with Crippen LogP contribution in [0.4, 0.5) is 0 Å². The summed E-state index contributed by atoms with van der Waals surface area (Å²) >= 11 is 1.76. The fraction of sp³-hybridized carbons (Fsp3) is 0.333. The Labute approximate surface area is 158 Å². The van der Waals surface area contributed by atoms with Crippen LogP contribution in [0.3, 0.4) is 0 Å². The Kier molecular flexibility index (Phi) is 6.72. The molecule has 26 heavy (non-hydrogen) atoms. The maximum Gasteiger partial charge on any atom is 0.338 e. The highest BCUT2D eigenvalue weighted by Crippen LogP contribution is 2.23. The van der Waals surface area contributed by atoms with Crippen LogP contribution >= 0.6 is 11.8 Å². The van der Waals surface area contributed by atoms with E-state index < -0.39 is 5.97 Å². The molecule has 0 aliphatic heterocycles. The van der Waals surface area contributed by atoms with E-state index in [0.29, 0.717) is 12.1 Å². The molecule has 0 radical (unpaired) electrons. The first kappa shape index (κ1) is 18.5.